The van der Waals surface area contributed by atoms with Gasteiger partial charge in [-0.1, -0.05) is 53.5 Å². The Hall–Kier alpha value is -1.35. The van der Waals surface area contributed by atoms with Gasteiger partial charge in [-0.3, -0.25) is 4.79 Å². The van der Waals surface area contributed by atoms with Crippen LogP contribution in [0.25, 0.3) is 0 Å². The molecule has 0 saturated carbocycles. The van der Waals surface area contributed by atoms with Crippen molar-refractivity contribution in [3.8, 4) is 0 Å². The summed E-state index contributed by atoms with van der Waals surface area (Å²) >= 11 is 11.7. The van der Waals surface area contributed by atoms with Gasteiger partial charge in [0.25, 0.3) is 0 Å². The van der Waals surface area contributed by atoms with E-state index in [-0.39, 0.29) is 5.78 Å². The zero-order chi connectivity index (χ0) is 13.8. The smallest absolute Gasteiger partial charge is 0.179 e. The van der Waals surface area contributed by atoms with Gasteiger partial charge in [-0.2, -0.15) is 0 Å². The molecule has 1 unspecified atom stereocenters. The van der Waals surface area contributed by atoms with Crippen LogP contribution in [0.1, 0.15) is 15.9 Å². The van der Waals surface area contributed by atoms with Crippen LogP contribution in [-0.4, -0.2) is 11.8 Å². The molecule has 19 heavy (non-hydrogen) atoms. The maximum absolute atomic E-state index is 12.2. The van der Waals surface area contributed by atoms with Crippen molar-refractivity contribution < 1.29 is 4.79 Å². The Morgan fingerprint density at radius 2 is 1.74 bits per heavy atom. The third-order valence-corrected chi connectivity index (χ3v) is 3.58. The summed E-state index contributed by atoms with van der Waals surface area (Å²) in [5, 5.41) is 0.786. The molecule has 0 amide bonds. The van der Waals surface area contributed by atoms with Crippen LogP contribution in [0.2, 0.25) is 10.0 Å². The van der Waals surface area contributed by atoms with Crippen molar-refractivity contribution in [2.24, 2.45) is 5.73 Å². The second kappa shape index (κ2) is 6.20. The first kappa shape index (κ1) is 14.1. The first-order chi connectivity index (χ1) is 9.08. The summed E-state index contributed by atoms with van der Waals surface area (Å²) in [5.41, 5.74) is 7.46. The van der Waals surface area contributed by atoms with Crippen molar-refractivity contribution >= 4 is 29.0 Å². The number of halogens is 2. The fraction of sp³-hybridized carbons (Fsp3) is 0.133. The summed E-state index contributed by atoms with van der Waals surface area (Å²) in [6.45, 7) is 0. The number of rotatable bonds is 4. The molecule has 0 aromatic heterocycles. The lowest BCUT2D eigenvalue weighted by Crippen LogP contribution is -2.32. The van der Waals surface area contributed by atoms with E-state index in [1.165, 1.54) is 0 Å². The molecule has 4 heteroatoms. The number of hydrogen-bond acceptors (Lipinski definition) is 2. The standard InChI is InChI=1S/C15H13Cl2NO/c16-12-7-6-11(9-13(12)17)15(19)14(18)8-10-4-2-1-3-5-10/h1-7,9,14H,8,18H2. The first-order valence-corrected chi connectivity index (χ1v) is 6.62. The summed E-state index contributed by atoms with van der Waals surface area (Å²) in [6, 6.07) is 13.9. The molecule has 0 aliphatic rings. The van der Waals surface area contributed by atoms with E-state index in [1.54, 1.807) is 18.2 Å². The molecule has 98 valence electrons. The molecule has 2 aromatic carbocycles. The van der Waals surface area contributed by atoms with E-state index in [4.69, 9.17) is 28.9 Å². The molecule has 0 radical (unpaired) electrons. The van der Waals surface area contributed by atoms with E-state index in [1.807, 2.05) is 30.3 Å². The molecule has 0 heterocycles. The number of carbonyl (C=O) groups is 1. The van der Waals surface area contributed by atoms with Gasteiger partial charge < -0.3 is 5.73 Å². The number of carbonyl (C=O) groups excluding carboxylic acids is 1. The SMILES string of the molecule is NC(Cc1ccccc1)C(=O)c1ccc(Cl)c(Cl)c1. The Morgan fingerprint density at radius 1 is 1.05 bits per heavy atom. The summed E-state index contributed by atoms with van der Waals surface area (Å²) in [5.74, 6) is -0.137. The molecule has 0 fully saturated rings. The monoisotopic (exact) mass is 293 g/mol. The topological polar surface area (TPSA) is 43.1 Å². The van der Waals surface area contributed by atoms with E-state index >= 15 is 0 Å². The summed E-state index contributed by atoms with van der Waals surface area (Å²) in [7, 11) is 0. The predicted octanol–water partition coefficient (Wildman–Crippen LogP) is 3.75. The van der Waals surface area contributed by atoms with Crippen LogP contribution in [0.3, 0.4) is 0 Å². The highest BCUT2D eigenvalue weighted by Crippen LogP contribution is 2.23. The fourth-order valence-electron chi connectivity index (χ4n) is 1.82. The van der Waals surface area contributed by atoms with Crippen LogP contribution in [0.5, 0.6) is 0 Å². The number of ketones is 1. The minimum Gasteiger partial charge on any atom is -0.321 e. The zero-order valence-electron chi connectivity index (χ0n) is 10.1. The molecular weight excluding hydrogens is 281 g/mol. The highest BCUT2D eigenvalue weighted by atomic mass is 35.5. The number of hydrogen-bond donors (Lipinski definition) is 1. The second-order valence-corrected chi connectivity index (χ2v) is 5.10. The highest BCUT2D eigenvalue weighted by molar-refractivity contribution is 6.42. The second-order valence-electron chi connectivity index (χ2n) is 4.29. The van der Waals surface area contributed by atoms with Crippen LogP contribution in [0.15, 0.2) is 48.5 Å². The van der Waals surface area contributed by atoms with Gasteiger partial charge in [0.15, 0.2) is 5.78 Å². The van der Waals surface area contributed by atoms with Crippen LogP contribution in [-0.2, 0) is 6.42 Å². The van der Waals surface area contributed by atoms with Crippen molar-refractivity contribution in [3.05, 3.63) is 69.7 Å². The fourth-order valence-corrected chi connectivity index (χ4v) is 2.12. The van der Waals surface area contributed by atoms with Gasteiger partial charge in [0.1, 0.15) is 0 Å². The van der Waals surface area contributed by atoms with Crippen LogP contribution < -0.4 is 5.73 Å². The zero-order valence-corrected chi connectivity index (χ0v) is 11.7. The molecule has 1 atom stereocenters. The highest BCUT2D eigenvalue weighted by Gasteiger charge is 2.17. The van der Waals surface area contributed by atoms with E-state index in [9.17, 15) is 4.79 Å². The normalized spacial score (nSPS) is 12.2. The van der Waals surface area contributed by atoms with E-state index < -0.39 is 6.04 Å². The van der Waals surface area contributed by atoms with Gasteiger partial charge in [-0.05, 0) is 30.2 Å². The van der Waals surface area contributed by atoms with Crippen molar-refractivity contribution in [1.29, 1.82) is 0 Å². The summed E-state index contributed by atoms with van der Waals surface area (Å²) < 4.78 is 0. The number of nitrogens with two attached hydrogens (primary N) is 1. The maximum Gasteiger partial charge on any atom is 0.179 e. The molecule has 0 saturated heterocycles. The van der Waals surface area contributed by atoms with Gasteiger partial charge in [0.05, 0.1) is 16.1 Å². The van der Waals surface area contributed by atoms with Gasteiger partial charge in [0.2, 0.25) is 0 Å². The van der Waals surface area contributed by atoms with E-state index in [0.717, 1.165) is 5.56 Å². The van der Waals surface area contributed by atoms with Crippen molar-refractivity contribution in [1.82, 2.24) is 0 Å². The summed E-state index contributed by atoms with van der Waals surface area (Å²) in [6.07, 6.45) is 0.500. The molecular formula is C15H13Cl2NO. The van der Waals surface area contributed by atoms with Gasteiger partial charge in [0, 0.05) is 5.56 Å². The van der Waals surface area contributed by atoms with Crippen molar-refractivity contribution in [2.75, 3.05) is 0 Å². The van der Waals surface area contributed by atoms with Crippen LogP contribution in [0, 0.1) is 0 Å². The van der Waals surface area contributed by atoms with Crippen molar-refractivity contribution in [3.63, 3.8) is 0 Å². The molecule has 2 nitrogen and oxygen atoms in total. The van der Waals surface area contributed by atoms with Crippen LogP contribution >= 0.6 is 23.2 Å². The summed E-state index contributed by atoms with van der Waals surface area (Å²) in [4.78, 5) is 12.2. The molecule has 2 aromatic rings. The Balaban J connectivity index is 2.12. The lowest BCUT2D eigenvalue weighted by molar-refractivity contribution is 0.0961. The van der Waals surface area contributed by atoms with Gasteiger partial charge >= 0.3 is 0 Å². The average Bonchev–Trinajstić information content (AvgIpc) is 2.42. The minimum absolute atomic E-state index is 0.137. The first-order valence-electron chi connectivity index (χ1n) is 5.86. The largest absolute Gasteiger partial charge is 0.321 e. The lowest BCUT2D eigenvalue weighted by Gasteiger charge is -2.11. The Morgan fingerprint density at radius 3 is 2.37 bits per heavy atom. The molecule has 0 spiro atoms. The molecule has 0 aliphatic heterocycles. The Kier molecular flexibility index (Phi) is 4.59. The lowest BCUT2D eigenvalue weighted by atomic mass is 9.98. The Labute approximate surface area is 122 Å². The van der Waals surface area contributed by atoms with E-state index in [2.05, 4.69) is 0 Å². The van der Waals surface area contributed by atoms with Gasteiger partial charge in [-0.25, -0.2) is 0 Å². The predicted molar refractivity (Wildman–Crippen MR) is 78.9 cm³/mol. The van der Waals surface area contributed by atoms with Crippen molar-refractivity contribution in [2.45, 2.75) is 12.5 Å². The molecule has 0 bridgehead atoms. The number of benzene rings is 2. The van der Waals surface area contributed by atoms with E-state index in [0.29, 0.717) is 22.0 Å². The molecule has 0 aliphatic carbocycles. The number of Topliss-reactive ketones (excluding diaryl/α,β-unsaturated/α-hetero) is 1. The third kappa shape index (κ3) is 3.57. The third-order valence-electron chi connectivity index (χ3n) is 2.84. The average molecular weight is 294 g/mol. The Bertz CT molecular complexity index is 584. The quantitative estimate of drug-likeness (QED) is 0.873. The van der Waals surface area contributed by atoms with Crippen LogP contribution in [0.4, 0.5) is 0 Å². The maximum atomic E-state index is 12.2. The van der Waals surface area contributed by atoms with Gasteiger partial charge in [-0.15, -0.1) is 0 Å². The molecule has 2 rings (SSSR count). The molecule has 2 N–H and O–H groups in total. The minimum atomic E-state index is -0.584.